The van der Waals surface area contributed by atoms with Crippen molar-refractivity contribution in [1.29, 1.82) is 15.8 Å². The fraction of sp³-hybridized carbons (Fsp3) is 0.154. The molecule has 3 nitrogen and oxygen atoms in total. The minimum atomic E-state index is 0.251. The van der Waals surface area contributed by atoms with Crippen LogP contribution >= 0.6 is 0 Å². The predicted molar refractivity (Wildman–Crippen MR) is 59.1 cm³/mol. The number of nitriles is 3. The highest BCUT2D eigenvalue weighted by molar-refractivity contribution is 5.53. The van der Waals surface area contributed by atoms with Crippen molar-refractivity contribution in [1.82, 2.24) is 0 Å². The van der Waals surface area contributed by atoms with E-state index in [1.807, 2.05) is 18.2 Å². The summed E-state index contributed by atoms with van der Waals surface area (Å²) in [7, 11) is 0. The lowest BCUT2D eigenvalue weighted by atomic mass is 9.97. The maximum atomic E-state index is 8.93. The van der Waals surface area contributed by atoms with E-state index in [0.29, 0.717) is 17.5 Å². The van der Waals surface area contributed by atoms with Gasteiger partial charge in [-0.05, 0) is 30.5 Å². The Morgan fingerprint density at radius 1 is 1.00 bits per heavy atom. The van der Waals surface area contributed by atoms with Crippen LogP contribution in [-0.4, -0.2) is 0 Å². The van der Waals surface area contributed by atoms with Gasteiger partial charge in [0.15, 0.2) is 0 Å². The molecule has 0 aliphatic rings. The number of aryl methyl sites for hydroxylation is 1. The molecule has 0 aliphatic heterocycles. The number of allylic oxidation sites excluding steroid dienone is 1. The fourth-order valence-electron chi connectivity index (χ4n) is 1.40. The van der Waals surface area contributed by atoms with Gasteiger partial charge in [-0.1, -0.05) is 6.08 Å². The molecule has 0 N–H and O–H groups in total. The molecule has 0 saturated carbocycles. The van der Waals surface area contributed by atoms with Crippen LogP contribution in [0.15, 0.2) is 24.8 Å². The quantitative estimate of drug-likeness (QED) is 0.714. The molecule has 0 aliphatic carbocycles. The second-order valence-corrected chi connectivity index (χ2v) is 3.22. The average molecular weight is 207 g/mol. The van der Waals surface area contributed by atoms with Crippen molar-refractivity contribution in [2.45, 2.75) is 12.8 Å². The van der Waals surface area contributed by atoms with Crippen LogP contribution in [0.3, 0.4) is 0 Å². The van der Waals surface area contributed by atoms with Gasteiger partial charge in [0.1, 0.15) is 12.1 Å². The number of benzene rings is 1. The summed E-state index contributed by atoms with van der Waals surface area (Å²) in [5, 5.41) is 26.6. The summed E-state index contributed by atoms with van der Waals surface area (Å²) in [5.41, 5.74) is 1.82. The molecule has 0 bridgehead atoms. The minimum absolute atomic E-state index is 0.251. The molecule has 0 fully saturated rings. The predicted octanol–water partition coefficient (Wildman–Crippen LogP) is 2.42. The first-order chi connectivity index (χ1) is 7.76. The van der Waals surface area contributed by atoms with Crippen molar-refractivity contribution in [3.8, 4) is 18.2 Å². The third kappa shape index (κ3) is 2.27. The second-order valence-electron chi connectivity index (χ2n) is 3.22. The highest BCUT2D eigenvalue weighted by Crippen LogP contribution is 2.17. The zero-order chi connectivity index (χ0) is 12.0. The lowest BCUT2D eigenvalue weighted by Gasteiger charge is -2.04. The van der Waals surface area contributed by atoms with E-state index in [1.54, 1.807) is 12.1 Å². The van der Waals surface area contributed by atoms with E-state index in [-0.39, 0.29) is 5.56 Å². The highest BCUT2D eigenvalue weighted by atomic mass is 14.3. The van der Waals surface area contributed by atoms with Gasteiger partial charge in [0.25, 0.3) is 0 Å². The van der Waals surface area contributed by atoms with Crippen molar-refractivity contribution >= 4 is 0 Å². The van der Waals surface area contributed by atoms with Crippen molar-refractivity contribution in [3.05, 3.63) is 47.0 Å². The van der Waals surface area contributed by atoms with Gasteiger partial charge in [-0.25, -0.2) is 0 Å². The summed E-state index contributed by atoms with van der Waals surface area (Å²) in [4.78, 5) is 0. The highest BCUT2D eigenvalue weighted by Gasteiger charge is 2.08. The normalized spacial score (nSPS) is 8.56. The van der Waals surface area contributed by atoms with Gasteiger partial charge >= 0.3 is 0 Å². The van der Waals surface area contributed by atoms with E-state index in [9.17, 15) is 0 Å². The Balaban J connectivity index is 3.30. The summed E-state index contributed by atoms with van der Waals surface area (Å²) in [6, 6.07) is 8.98. The zero-order valence-electron chi connectivity index (χ0n) is 8.70. The van der Waals surface area contributed by atoms with E-state index in [1.165, 1.54) is 6.07 Å². The first-order valence-corrected chi connectivity index (χ1v) is 4.75. The number of rotatable bonds is 3. The molecule has 1 rings (SSSR count). The Labute approximate surface area is 94.5 Å². The third-order valence-electron chi connectivity index (χ3n) is 2.22. The summed E-state index contributed by atoms with van der Waals surface area (Å²) in [5.74, 6) is 0. The van der Waals surface area contributed by atoms with Crippen LogP contribution in [-0.2, 0) is 6.42 Å². The molecule has 0 heterocycles. The average Bonchev–Trinajstić information content (AvgIpc) is 2.35. The monoisotopic (exact) mass is 207 g/mol. The first-order valence-electron chi connectivity index (χ1n) is 4.75. The Morgan fingerprint density at radius 2 is 1.56 bits per heavy atom. The second kappa shape index (κ2) is 5.35. The van der Waals surface area contributed by atoms with Gasteiger partial charge in [0, 0.05) is 0 Å². The number of nitrogens with zero attached hydrogens (tertiary/aromatic N) is 3. The molecule has 0 saturated heterocycles. The van der Waals surface area contributed by atoms with Crippen LogP contribution in [0.5, 0.6) is 0 Å². The van der Waals surface area contributed by atoms with Crippen molar-refractivity contribution in [2.75, 3.05) is 0 Å². The van der Waals surface area contributed by atoms with Gasteiger partial charge in [0.05, 0.1) is 22.8 Å². The molecule has 0 unspecified atom stereocenters. The Morgan fingerprint density at radius 3 is 2.06 bits per heavy atom. The molecule has 0 amide bonds. The van der Waals surface area contributed by atoms with Crippen LogP contribution in [0.1, 0.15) is 28.7 Å². The van der Waals surface area contributed by atoms with Crippen LogP contribution < -0.4 is 0 Å². The fourth-order valence-corrected chi connectivity index (χ4v) is 1.40. The molecule has 0 spiro atoms. The third-order valence-corrected chi connectivity index (χ3v) is 2.22. The van der Waals surface area contributed by atoms with E-state index < -0.39 is 0 Å². The van der Waals surface area contributed by atoms with Gasteiger partial charge in [-0.2, -0.15) is 15.8 Å². The van der Waals surface area contributed by atoms with Crippen LogP contribution in [0.2, 0.25) is 0 Å². The van der Waals surface area contributed by atoms with E-state index in [0.717, 1.165) is 12.0 Å². The number of hydrogen-bond donors (Lipinski definition) is 0. The minimum Gasteiger partial charge on any atom is -0.192 e. The molecular formula is C13H9N3. The smallest absolute Gasteiger partial charge is 0.101 e. The molecule has 0 aromatic heterocycles. The van der Waals surface area contributed by atoms with E-state index >= 15 is 0 Å². The van der Waals surface area contributed by atoms with Crippen LogP contribution in [0, 0.1) is 34.0 Å². The topological polar surface area (TPSA) is 71.4 Å². The molecule has 16 heavy (non-hydrogen) atoms. The molecule has 0 radical (unpaired) electrons. The molecule has 1 aromatic rings. The zero-order valence-corrected chi connectivity index (χ0v) is 8.70. The van der Waals surface area contributed by atoms with Gasteiger partial charge in [0.2, 0.25) is 0 Å². The standard InChI is InChI=1S/C13H9N3/c1-2-3-4-10-5-12(8-15)13(9-16)6-11(10)7-14/h2,5-6H,1,3-4H2. The summed E-state index contributed by atoms with van der Waals surface area (Å²) >= 11 is 0. The maximum absolute atomic E-state index is 8.93. The lowest BCUT2D eigenvalue weighted by molar-refractivity contribution is 0.996. The molecule has 0 atom stereocenters. The SMILES string of the molecule is C=CCCc1cc(C#N)c(C#N)cc1C#N. The van der Waals surface area contributed by atoms with E-state index in [2.05, 4.69) is 6.58 Å². The summed E-state index contributed by atoms with van der Waals surface area (Å²) in [6.07, 6.45) is 3.16. The Bertz CT molecular complexity index is 536. The van der Waals surface area contributed by atoms with Crippen molar-refractivity contribution in [3.63, 3.8) is 0 Å². The van der Waals surface area contributed by atoms with Crippen molar-refractivity contribution in [2.24, 2.45) is 0 Å². The molecular weight excluding hydrogens is 198 g/mol. The molecule has 1 aromatic carbocycles. The lowest BCUT2D eigenvalue weighted by Crippen LogP contribution is -1.94. The summed E-state index contributed by atoms with van der Waals surface area (Å²) in [6.45, 7) is 3.61. The molecule has 3 heteroatoms. The largest absolute Gasteiger partial charge is 0.192 e. The molecule has 76 valence electrons. The van der Waals surface area contributed by atoms with Crippen LogP contribution in [0.4, 0.5) is 0 Å². The summed E-state index contributed by atoms with van der Waals surface area (Å²) < 4.78 is 0. The number of hydrogen-bond acceptors (Lipinski definition) is 3. The van der Waals surface area contributed by atoms with Gasteiger partial charge in [-0.3, -0.25) is 0 Å². The maximum Gasteiger partial charge on any atom is 0.101 e. The van der Waals surface area contributed by atoms with Crippen molar-refractivity contribution < 1.29 is 0 Å². The van der Waals surface area contributed by atoms with Gasteiger partial charge in [-0.15, -0.1) is 6.58 Å². The Hall–Kier alpha value is -2.57. The van der Waals surface area contributed by atoms with Gasteiger partial charge < -0.3 is 0 Å². The Kier molecular flexibility index (Phi) is 3.84. The first kappa shape index (κ1) is 11.5. The van der Waals surface area contributed by atoms with Crippen LogP contribution in [0.25, 0.3) is 0 Å². The van der Waals surface area contributed by atoms with E-state index in [4.69, 9.17) is 15.8 Å².